The highest BCUT2D eigenvalue weighted by Crippen LogP contribution is 2.45. The van der Waals surface area contributed by atoms with E-state index in [9.17, 15) is 0 Å². The second-order valence-corrected chi connectivity index (χ2v) is 8.25. The van der Waals surface area contributed by atoms with Crippen LogP contribution in [-0.4, -0.2) is 21.0 Å². The third-order valence-corrected chi connectivity index (χ3v) is 6.37. The van der Waals surface area contributed by atoms with Gasteiger partial charge in [0.1, 0.15) is 0 Å². The molecule has 0 unspecified atom stereocenters. The van der Waals surface area contributed by atoms with E-state index >= 15 is 0 Å². The van der Waals surface area contributed by atoms with E-state index in [-0.39, 0.29) is 12.1 Å². The molecule has 0 bridgehead atoms. The highest BCUT2D eigenvalue weighted by atomic mass is 35.5. The Hall–Kier alpha value is -1.17. The van der Waals surface area contributed by atoms with Gasteiger partial charge in [0.25, 0.3) is 0 Å². The Kier molecular flexibility index (Phi) is 4.26. The zero-order valence-corrected chi connectivity index (χ0v) is 15.0. The lowest BCUT2D eigenvalue weighted by molar-refractivity contribution is 0.249. The zero-order valence-electron chi connectivity index (χ0n) is 12.6. The molecule has 2 atom stereocenters. The van der Waals surface area contributed by atoms with Crippen molar-refractivity contribution in [2.24, 2.45) is 0 Å². The standard InChI is InChI=1S/C17H18ClN3S2/c18-14-9-8-13(23-14)16-15(12-7-3-4-10-19-12)20-17(22)21(16)11-5-1-2-6-11/h3-4,7-11,15-16H,1-2,5-6H2,(H,20,22)/t15-,16-/m1/s1. The quantitative estimate of drug-likeness (QED) is 0.799. The van der Waals surface area contributed by atoms with E-state index in [0.717, 1.165) is 15.1 Å². The Labute approximate surface area is 150 Å². The van der Waals surface area contributed by atoms with Crippen LogP contribution in [-0.2, 0) is 0 Å². The molecule has 4 rings (SSSR count). The summed E-state index contributed by atoms with van der Waals surface area (Å²) in [6.45, 7) is 0. The largest absolute Gasteiger partial charge is 0.352 e. The molecule has 2 aromatic heterocycles. The van der Waals surface area contributed by atoms with Crippen molar-refractivity contribution < 1.29 is 0 Å². The molecule has 6 heteroatoms. The molecule has 1 aliphatic heterocycles. The molecule has 2 aromatic rings. The average Bonchev–Trinajstić information content (AvgIpc) is 3.27. The highest BCUT2D eigenvalue weighted by molar-refractivity contribution is 7.80. The first-order valence-corrected chi connectivity index (χ1v) is 9.59. The van der Waals surface area contributed by atoms with E-state index in [1.165, 1.54) is 30.6 Å². The maximum absolute atomic E-state index is 6.21. The topological polar surface area (TPSA) is 28.2 Å². The Morgan fingerprint density at radius 3 is 2.70 bits per heavy atom. The second kappa shape index (κ2) is 6.38. The lowest BCUT2D eigenvalue weighted by atomic mass is 10.0. The van der Waals surface area contributed by atoms with Crippen LogP contribution in [0.5, 0.6) is 0 Å². The fourth-order valence-electron chi connectivity index (χ4n) is 3.73. The summed E-state index contributed by atoms with van der Waals surface area (Å²) in [4.78, 5) is 8.22. The summed E-state index contributed by atoms with van der Waals surface area (Å²) in [6.07, 6.45) is 6.85. The summed E-state index contributed by atoms with van der Waals surface area (Å²) in [5.74, 6) is 0. The van der Waals surface area contributed by atoms with E-state index < -0.39 is 0 Å². The SMILES string of the molecule is S=C1N[C@H](c2ccccn2)[C@@H](c2ccc(Cl)s2)N1C1CCCC1. The molecule has 0 spiro atoms. The zero-order chi connectivity index (χ0) is 15.8. The maximum Gasteiger partial charge on any atom is 0.170 e. The molecular formula is C17H18ClN3S2. The van der Waals surface area contributed by atoms with Crippen molar-refractivity contribution in [1.82, 2.24) is 15.2 Å². The van der Waals surface area contributed by atoms with Gasteiger partial charge in [0.15, 0.2) is 5.11 Å². The Morgan fingerprint density at radius 2 is 2.04 bits per heavy atom. The molecule has 2 aliphatic rings. The number of nitrogens with one attached hydrogen (secondary N) is 1. The van der Waals surface area contributed by atoms with Gasteiger partial charge in [-0.3, -0.25) is 4.98 Å². The van der Waals surface area contributed by atoms with E-state index in [0.29, 0.717) is 6.04 Å². The van der Waals surface area contributed by atoms with Crippen LogP contribution in [0.4, 0.5) is 0 Å². The summed E-state index contributed by atoms with van der Waals surface area (Å²) >= 11 is 13.5. The van der Waals surface area contributed by atoms with Crippen LogP contribution >= 0.6 is 35.2 Å². The van der Waals surface area contributed by atoms with E-state index in [1.54, 1.807) is 11.3 Å². The third kappa shape index (κ3) is 2.86. The van der Waals surface area contributed by atoms with Crippen LogP contribution < -0.4 is 5.32 Å². The monoisotopic (exact) mass is 363 g/mol. The number of hydrogen-bond donors (Lipinski definition) is 1. The Morgan fingerprint density at radius 1 is 1.22 bits per heavy atom. The van der Waals surface area contributed by atoms with Crippen LogP contribution in [0, 0.1) is 0 Å². The van der Waals surface area contributed by atoms with E-state index in [1.807, 2.05) is 24.4 Å². The molecule has 3 heterocycles. The van der Waals surface area contributed by atoms with E-state index in [2.05, 4.69) is 27.3 Å². The number of thiocarbonyl (C=S) groups is 1. The average molecular weight is 364 g/mol. The van der Waals surface area contributed by atoms with Gasteiger partial charge < -0.3 is 10.2 Å². The number of hydrogen-bond acceptors (Lipinski definition) is 3. The van der Waals surface area contributed by atoms with Gasteiger partial charge in [-0.05, 0) is 49.3 Å². The minimum absolute atomic E-state index is 0.0824. The first-order chi connectivity index (χ1) is 11.2. The van der Waals surface area contributed by atoms with Gasteiger partial charge >= 0.3 is 0 Å². The highest BCUT2D eigenvalue weighted by Gasteiger charge is 2.44. The first-order valence-electron chi connectivity index (χ1n) is 7.99. The molecule has 1 saturated heterocycles. The molecule has 2 fully saturated rings. The number of rotatable bonds is 3. The Bertz CT molecular complexity index is 697. The summed E-state index contributed by atoms with van der Waals surface area (Å²) in [6, 6.07) is 10.9. The van der Waals surface area contributed by atoms with Crippen molar-refractivity contribution >= 4 is 40.3 Å². The van der Waals surface area contributed by atoms with Crippen LogP contribution in [0.2, 0.25) is 4.34 Å². The van der Waals surface area contributed by atoms with E-state index in [4.69, 9.17) is 23.8 Å². The molecular weight excluding hydrogens is 346 g/mol. The lowest BCUT2D eigenvalue weighted by Gasteiger charge is -2.32. The second-order valence-electron chi connectivity index (χ2n) is 6.11. The van der Waals surface area contributed by atoms with Crippen molar-refractivity contribution in [2.75, 3.05) is 0 Å². The molecule has 1 aliphatic carbocycles. The number of pyridine rings is 1. The smallest absolute Gasteiger partial charge is 0.170 e. The van der Waals surface area contributed by atoms with Crippen molar-refractivity contribution in [3.05, 3.63) is 51.4 Å². The minimum atomic E-state index is 0.0824. The van der Waals surface area contributed by atoms with Crippen molar-refractivity contribution in [1.29, 1.82) is 0 Å². The lowest BCUT2D eigenvalue weighted by Crippen LogP contribution is -2.37. The number of nitrogens with zero attached hydrogens (tertiary/aromatic N) is 2. The van der Waals surface area contributed by atoms with Crippen LogP contribution in [0.3, 0.4) is 0 Å². The normalized spacial score (nSPS) is 25.1. The summed E-state index contributed by atoms with van der Waals surface area (Å²) in [5, 5.41) is 4.36. The fourth-order valence-corrected chi connectivity index (χ4v) is 5.32. The predicted molar refractivity (Wildman–Crippen MR) is 98.9 cm³/mol. The third-order valence-electron chi connectivity index (χ3n) is 4.74. The molecule has 0 aromatic carbocycles. The maximum atomic E-state index is 6.21. The molecule has 3 nitrogen and oxygen atoms in total. The van der Waals surface area contributed by atoms with Gasteiger partial charge in [-0.1, -0.05) is 30.5 Å². The van der Waals surface area contributed by atoms with Crippen molar-refractivity contribution in [3.63, 3.8) is 0 Å². The molecule has 1 N–H and O–H groups in total. The number of thiophene rings is 1. The van der Waals surface area contributed by atoms with Gasteiger partial charge in [0, 0.05) is 17.1 Å². The molecule has 1 saturated carbocycles. The Balaban J connectivity index is 1.75. The minimum Gasteiger partial charge on any atom is -0.352 e. The van der Waals surface area contributed by atoms with Gasteiger partial charge in [-0.2, -0.15) is 0 Å². The van der Waals surface area contributed by atoms with Crippen LogP contribution in [0.25, 0.3) is 0 Å². The summed E-state index contributed by atoms with van der Waals surface area (Å²) < 4.78 is 0.823. The molecule has 0 radical (unpaired) electrons. The van der Waals surface area contributed by atoms with Gasteiger partial charge in [0.05, 0.1) is 22.1 Å². The van der Waals surface area contributed by atoms with Gasteiger partial charge in [0.2, 0.25) is 0 Å². The van der Waals surface area contributed by atoms with Crippen molar-refractivity contribution in [3.8, 4) is 0 Å². The predicted octanol–water partition coefficient (Wildman–Crippen LogP) is 4.71. The fraction of sp³-hybridized carbons (Fsp3) is 0.412. The summed E-state index contributed by atoms with van der Waals surface area (Å²) in [7, 11) is 0. The number of halogens is 1. The van der Waals surface area contributed by atoms with Gasteiger partial charge in [-0.25, -0.2) is 0 Å². The molecule has 120 valence electrons. The molecule has 0 amide bonds. The number of aromatic nitrogens is 1. The molecule has 23 heavy (non-hydrogen) atoms. The summed E-state index contributed by atoms with van der Waals surface area (Å²) in [5.41, 5.74) is 1.03. The van der Waals surface area contributed by atoms with Gasteiger partial charge in [-0.15, -0.1) is 11.3 Å². The van der Waals surface area contributed by atoms with Crippen LogP contribution in [0.1, 0.15) is 48.3 Å². The van der Waals surface area contributed by atoms with Crippen LogP contribution in [0.15, 0.2) is 36.5 Å². The van der Waals surface area contributed by atoms with Crippen molar-refractivity contribution in [2.45, 2.75) is 43.8 Å². The first kappa shape index (κ1) is 15.4.